The number of ether oxygens (including phenoxy) is 1. The van der Waals surface area contributed by atoms with E-state index in [0.717, 1.165) is 45.5 Å². The normalized spacial score (nSPS) is 20.4. The average Bonchev–Trinajstić information content (AvgIpc) is 2.93. The molecule has 0 bridgehead atoms. The molecule has 2 unspecified atom stereocenters. The molecule has 1 aliphatic heterocycles. The molecule has 0 radical (unpaired) electrons. The summed E-state index contributed by atoms with van der Waals surface area (Å²) in [5.74, 6) is 0. The Morgan fingerprint density at radius 2 is 2.15 bits per heavy atom. The van der Waals surface area contributed by atoms with Crippen LogP contribution in [0.4, 0.5) is 0 Å². The van der Waals surface area contributed by atoms with E-state index in [-0.39, 0.29) is 6.10 Å². The first-order chi connectivity index (χ1) is 9.78. The fourth-order valence-corrected chi connectivity index (χ4v) is 2.84. The zero-order valence-electron chi connectivity index (χ0n) is 12.5. The molecule has 2 rings (SSSR count). The zero-order chi connectivity index (χ0) is 14.2. The van der Waals surface area contributed by atoms with Gasteiger partial charge in [-0.25, -0.2) is 0 Å². The number of aliphatic hydroxyl groups is 1. The summed E-state index contributed by atoms with van der Waals surface area (Å²) < 4.78 is 5.74. The highest BCUT2D eigenvalue weighted by Gasteiger charge is 2.20. The van der Waals surface area contributed by atoms with Gasteiger partial charge in [-0.1, -0.05) is 43.7 Å². The molecule has 0 saturated carbocycles. The van der Waals surface area contributed by atoms with Crippen molar-refractivity contribution in [2.45, 2.75) is 51.4 Å². The molecule has 1 fully saturated rings. The Morgan fingerprint density at radius 1 is 1.35 bits per heavy atom. The van der Waals surface area contributed by atoms with Crippen molar-refractivity contribution >= 4 is 0 Å². The van der Waals surface area contributed by atoms with Crippen molar-refractivity contribution in [1.29, 1.82) is 0 Å². The standard InChI is InChI=1S/C17H27NO2/c1-2-7-16(19)13-18(14-17-10-6-11-20-17)12-15-8-4-3-5-9-15/h3-5,8-9,16-17,19H,2,6-7,10-14H2,1H3. The highest BCUT2D eigenvalue weighted by atomic mass is 16.5. The maximum Gasteiger partial charge on any atom is 0.0702 e. The lowest BCUT2D eigenvalue weighted by Gasteiger charge is -2.27. The van der Waals surface area contributed by atoms with Crippen LogP contribution in [0.15, 0.2) is 30.3 Å². The summed E-state index contributed by atoms with van der Waals surface area (Å²) in [6, 6.07) is 10.5. The van der Waals surface area contributed by atoms with Gasteiger partial charge in [0, 0.05) is 26.2 Å². The minimum atomic E-state index is -0.231. The quantitative estimate of drug-likeness (QED) is 0.793. The molecule has 1 aliphatic rings. The van der Waals surface area contributed by atoms with E-state index in [9.17, 15) is 5.11 Å². The third-order valence-electron chi connectivity index (χ3n) is 3.83. The summed E-state index contributed by atoms with van der Waals surface area (Å²) in [4.78, 5) is 2.34. The Balaban J connectivity index is 1.91. The van der Waals surface area contributed by atoms with Gasteiger partial charge in [0.2, 0.25) is 0 Å². The van der Waals surface area contributed by atoms with Gasteiger partial charge in [0.15, 0.2) is 0 Å². The molecule has 0 amide bonds. The van der Waals surface area contributed by atoms with Gasteiger partial charge in [0.1, 0.15) is 0 Å². The summed E-state index contributed by atoms with van der Waals surface area (Å²) >= 11 is 0. The van der Waals surface area contributed by atoms with Crippen molar-refractivity contribution in [3.05, 3.63) is 35.9 Å². The summed E-state index contributed by atoms with van der Waals surface area (Å²) in [5, 5.41) is 10.1. The van der Waals surface area contributed by atoms with Crippen molar-refractivity contribution in [3.8, 4) is 0 Å². The van der Waals surface area contributed by atoms with Crippen LogP contribution in [0.1, 0.15) is 38.2 Å². The molecular weight excluding hydrogens is 250 g/mol. The average molecular weight is 277 g/mol. The van der Waals surface area contributed by atoms with Crippen LogP contribution in [0.2, 0.25) is 0 Å². The lowest BCUT2D eigenvalue weighted by molar-refractivity contribution is 0.0441. The topological polar surface area (TPSA) is 32.7 Å². The number of hydrogen-bond donors (Lipinski definition) is 1. The van der Waals surface area contributed by atoms with Crippen molar-refractivity contribution in [1.82, 2.24) is 4.90 Å². The number of aliphatic hydroxyl groups excluding tert-OH is 1. The van der Waals surface area contributed by atoms with Crippen LogP contribution < -0.4 is 0 Å². The summed E-state index contributed by atoms with van der Waals surface area (Å²) in [6.45, 7) is 5.56. The highest BCUT2D eigenvalue weighted by molar-refractivity contribution is 5.14. The molecule has 112 valence electrons. The molecule has 0 aliphatic carbocycles. The Kier molecular flexibility index (Phi) is 6.51. The second-order valence-electron chi connectivity index (χ2n) is 5.76. The van der Waals surface area contributed by atoms with Gasteiger partial charge in [0.25, 0.3) is 0 Å². The second kappa shape index (κ2) is 8.40. The molecular formula is C17H27NO2. The van der Waals surface area contributed by atoms with Crippen molar-refractivity contribution in [2.24, 2.45) is 0 Å². The number of rotatable bonds is 8. The van der Waals surface area contributed by atoms with Crippen molar-refractivity contribution in [3.63, 3.8) is 0 Å². The van der Waals surface area contributed by atoms with E-state index in [1.807, 2.05) is 6.07 Å². The zero-order valence-corrected chi connectivity index (χ0v) is 12.5. The first-order valence-corrected chi connectivity index (χ1v) is 7.84. The molecule has 1 saturated heterocycles. The maximum absolute atomic E-state index is 10.1. The molecule has 0 aromatic heterocycles. The minimum Gasteiger partial charge on any atom is -0.392 e. The van der Waals surface area contributed by atoms with E-state index in [1.54, 1.807) is 0 Å². The van der Waals surface area contributed by atoms with E-state index >= 15 is 0 Å². The molecule has 1 N–H and O–H groups in total. The third-order valence-corrected chi connectivity index (χ3v) is 3.83. The van der Waals surface area contributed by atoms with E-state index in [2.05, 4.69) is 36.1 Å². The smallest absolute Gasteiger partial charge is 0.0702 e. The fourth-order valence-electron chi connectivity index (χ4n) is 2.84. The van der Waals surface area contributed by atoms with Crippen LogP contribution in [0, 0.1) is 0 Å². The van der Waals surface area contributed by atoms with Crippen LogP contribution in [0.3, 0.4) is 0 Å². The van der Waals surface area contributed by atoms with E-state index < -0.39 is 0 Å². The predicted molar refractivity (Wildman–Crippen MR) is 81.6 cm³/mol. The molecule has 3 heteroatoms. The van der Waals surface area contributed by atoms with Gasteiger partial charge in [-0.15, -0.1) is 0 Å². The molecule has 3 nitrogen and oxygen atoms in total. The maximum atomic E-state index is 10.1. The number of hydrogen-bond acceptors (Lipinski definition) is 3. The Bertz CT molecular complexity index is 363. The van der Waals surface area contributed by atoms with Crippen molar-refractivity contribution < 1.29 is 9.84 Å². The van der Waals surface area contributed by atoms with E-state index in [1.165, 1.54) is 12.0 Å². The van der Waals surface area contributed by atoms with Gasteiger partial charge in [-0.3, -0.25) is 4.90 Å². The number of nitrogens with zero attached hydrogens (tertiary/aromatic N) is 1. The third kappa shape index (κ3) is 5.23. The molecule has 0 spiro atoms. The SMILES string of the molecule is CCCC(O)CN(Cc1ccccc1)CC1CCCO1. The first-order valence-electron chi connectivity index (χ1n) is 7.84. The first kappa shape index (κ1) is 15.5. The molecule has 20 heavy (non-hydrogen) atoms. The van der Waals surface area contributed by atoms with Crippen LogP contribution >= 0.6 is 0 Å². The van der Waals surface area contributed by atoms with Gasteiger partial charge >= 0.3 is 0 Å². The Morgan fingerprint density at radius 3 is 2.80 bits per heavy atom. The summed E-state index contributed by atoms with van der Waals surface area (Å²) in [6.07, 6.45) is 4.32. The second-order valence-corrected chi connectivity index (χ2v) is 5.76. The highest BCUT2D eigenvalue weighted by Crippen LogP contribution is 2.16. The molecule has 1 heterocycles. The lowest BCUT2D eigenvalue weighted by Crippen LogP contribution is -2.37. The summed E-state index contributed by atoms with van der Waals surface area (Å²) in [5.41, 5.74) is 1.30. The van der Waals surface area contributed by atoms with Gasteiger partial charge in [-0.2, -0.15) is 0 Å². The van der Waals surface area contributed by atoms with Crippen LogP contribution in [0.5, 0.6) is 0 Å². The van der Waals surface area contributed by atoms with Gasteiger partial charge < -0.3 is 9.84 Å². The van der Waals surface area contributed by atoms with Crippen molar-refractivity contribution in [2.75, 3.05) is 19.7 Å². The molecule has 1 aromatic rings. The predicted octanol–water partition coefficient (Wildman–Crippen LogP) is 2.83. The van der Waals surface area contributed by atoms with Crippen LogP contribution in [0.25, 0.3) is 0 Å². The fraction of sp³-hybridized carbons (Fsp3) is 0.647. The van der Waals surface area contributed by atoms with Gasteiger partial charge in [-0.05, 0) is 24.8 Å². The minimum absolute atomic E-state index is 0.231. The number of benzene rings is 1. The summed E-state index contributed by atoms with van der Waals surface area (Å²) in [7, 11) is 0. The van der Waals surface area contributed by atoms with E-state index in [4.69, 9.17) is 4.74 Å². The monoisotopic (exact) mass is 277 g/mol. The van der Waals surface area contributed by atoms with Crippen LogP contribution in [-0.2, 0) is 11.3 Å². The van der Waals surface area contributed by atoms with E-state index in [0.29, 0.717) is 6.10 Å². The van der Waals surface area contributed by atoms with Crippen LogP contribution in [-0.4, -0.2) is 41.9 Å². The lowest BCUT2D eigenvalue weighted by atomic mass is 10.1. The Labute approximate surface area is 122 Å². The van der Waals surface area contributed by atoms with Gasteiger partial charge in [0.05, 0.1) is 12.2 Å². The molecule has 1 aromatic carbocycles. The molecule has 2 atom stereocenters. The largest absolute Gasteiger partial charge is 0.392 e. The Hall–Kier alpha value is -0.900.